The Hall–Kier alpha value is -4.65. The predicted molar refractivity (Wildman–Crippen MR) is 133 cm³/mol. The summed E-state index contributed by atoms with van der Waals surface area (Å²) in [5, 5.41) is -0.230. The third kappa shape index (κ3) is 6.76. The standard InChI is InChI=1S/C25H24N4O8S/c1-16-9-10-21(26-14-16)38(31,32)29-24-23(36-20-7-4-6-18(12-20)33-3)25(28-15-27-24)37-22(35-17(2)30)13-19-8-5-11-34-19/h4-12,14-15,22H,13H2,1-3H3,(H,27,28,29). The molecule has 0 aliphatic rings. The second-order valence-electron chi connectivity index (χ2n) is 7.86. The molecule has 1 atom stereocenters. The molecule has 0 aliphatic carbocycles. The molecule has 0 amide bonds. The number of pyridine rings is 1. The van der Waals surface area contributed by atoms with Gasteiger partial charge in [0.1, 0.15) is 23.6 Å². The zero-order chi connectivity index (χ0) is 27.1. The molecule has 4 aromatic rings. The summed E-state index contributed by atoms with van der Waals surface area (Å²) in [5.41, 5.74) is 0.789. The first kappa shape index (κ1) is 26.4. The number of nitrogens with one attached hydrogen (secondary N) is 1. The Morgan fingerprint density at radius 3 is 2.58 bits per heavy atom. The molecule has 4 rings (SSSR count). The van der Waals surface area contributed by atoms with Gasteiger partial charge in [0.25, 0.3) is 22.2 Å². The number of aryl methyl sites for hydroxylation is 1. The summed E-state index contributed by atoms with van der Waals surface area (Å²) in [6.07, 6.45) is 2.84. The number of hydrogen-bond donors (Lipinski definition) is 1. The van der Waals surface area contributed by atoms with E-state index in [9.17, 15) is 13.2 Å². The minimum Gasteiger partial charge on any atom is -0.497 e. The van der Waals surface area contributed by atoms with Crippen LogP contribution in [0.2, 0.25) is 0 Å². The lowest BCUT2D eigenvalue weighted by Crippen LogP contribution is -2.26. The Morgan fingerprint density at radius 2 is 1.89 bits per heavy atom. The summed E-state index contributed by atoms with van der Waals surface area (Å²) in [6, 6.07) is 12.9. The van der Waals surface area contributed by atoms with Crippen LogP contribution in [0.5, 0.6) is 23.1 Å². The number of benzene rings is 1. The van der Waals surface area contributed by atoms with Gasteiger partial charge < -0.3 is 23.4 Å². The highest BCUT2D eigenvalue weighted by molar-refractivity contribution is 7.92. The fourth-order valence-electron chi connectivity index (χ4n) is 3.19. The first-order chi connectivity index (χ1) is 18.2. The number of furan rings is 1. The van der Waals surface area contributed by atoms with Gasteiger partial charge in [0, 0.05) is 19.2 Å². The van der Waals surface area contributed by atoms with Crippen molar-refractivity contribution in [2.75, 3.05) is 11.8 Å². The second-order valence-corrected chi connectivity index (χ2v) is 9.49. The highest BCUT2D eigenvalue weighted by Gasteiger charge is 2.26. The van der Waals surface area contributed by atoms with Crippen LogP contribution in [0.1, 0.15) is 18.2 Å². The molecule has 198 valence electrons. The zero-order valence-electron chi connectivity index (χ0n) is 20.7. The Labute approximate surface area is 218 Å². The van der Waals surface area contributed by atoms with Gasteiger partial charge in [-0.25, -0.2) is 9.97 Å². The van der Waals surface area contributed by atoms with Crippen LogP contribution < -0.4 is 18.9 Å². The van der Waals surface area contributed by atoms with Crippen molar-refractivity contribution in [1.82, 2.24) is 15.0 Å². The molecular weight excluding hydrogens is 516 g/mol. The van der Waals surface area contributed by atoms with Crippen LogP contribution in [-0.4, -0.2) is 42.7 Å². The average Bonchev–Trinajstić information content (AvgIpc) is 3.39. The predicted octanol–water partition coefficient (Wildman–Crippen LogP) is 3.89. The molecule has 1 aromatic carbocycles. The van der Waals surface area contributed by atoms with Crippen molar-refractivity contribution in [2.45, 2.75) is 31.6 Å². The molecule has 1 unspecified atom stereocenters. The number of hydrogen-bond acceptors (Lipinski definition) is 11. The van der Waals surface area contributed by atoms with Crippen LogP contribution in [0.15, 0.2) is 76.8 Å². The molecule has 0 saturated carbocycles. The topological polar surface area (TPSA) is 152 Å². The molecule has 13 heteroatoms. The van der Waals surface area contributed by atoms with E-state index in [2.05, 4.69) is 19.7 Å². The SMILES string of the molecule is COc1cccc(Oc2c(NS(=O)(=O)c3ccc(C)cn3)ncnc2OC(Cc2ccco2)OC(C)=O)c1. The number of esters is 1. The summed E-state index contributed by atoms with van der Waals surface area (Å²) in [6.45, 7) is 3.01. The van der Waals surface area contributed by atoms with E-state index in [4.69, 9.17) is 23.4 Å². The molecule has 0 fully saturated rings. The van der Waals surface area contributed by atoms with Gasteiger partial charge in [-0.15, -0.1) is 0 Å². The van der Waals surface area contributed by atoms with E-state index in [1.54, 1.807) is 49.4 Å². The lowest BCUT2D eigenvalue weighted by Gasteiger charge is -2.20. The van der Waals surface area contributed by atoms with E-state index >= 15 is 0 Å². The summed E-state index contributed by atoms with van der Waals surface area (Å²) in [5.74, 6) is 0.00331. The van der Waals surface area contributed by atoms with E-state index in [1.807, 2.05) is 0 Å². The molecule has 0 spiro atoms. The maximum atomic E-state index is 13.1. The van der Waals surface area contributed by atoms with Gasteiger partial charge >= 0.3 is 5.97 Å². The molecule has 3 aromatic heterocycles. The number of rotatable bonds is 11. The van der Waals surface area contributed by atoms with Crippen LogP contribution in [0.3, 0.4) is 0 Å². The van der Waals surface area contributed by atoms with Crippen molar-refractivity contribution in [1.29, 1.82) is 0 Å². The normalized spacial score (nSPS) is 11.9. The van der Waals surface area contributed by atoms with Crippen molar-refractivity contribution in [3.05, 3.63) is 78.6 Å². The molecule has 0 aliphatic heterocycles. The molecule has 1 N–H and O–H groups in total. The third-order valence-electron chi connectivity index (χ3n) is 4.91. The van der Waals surface area contributed by atoms with Gasteiger partial charge in [-0.2, -0.15) is 13.4 Å². The summed E-state index contributed by atoms with van der Waals surface area (Å²) < 4.78 is 56.2. The Bertz CT molecular complexity index is 1490. The first-order valence-corrected chi connectivity index (χ1v) is 12.7. The summed E-state index contributed by atoms with van der Waals surface area (Å²) >= 11 is 0. The Kier molecular flexibility index (Phi) is 8.06. The Balaban J connectivity index is 1.73. The van der Waals surface area contributed by atoms with Crippen LogP contribution >= 0.6 is 0 Å². The quantitative estimate of drug-likeness (QED) is 0.218. The van der Waals surface area contributed by atoms with E-state index in [1.165, 1.54) is 32.6 Å². The summed E-state index contributed by atoms with van der Waals surface area (Å²) in [7, 11) is -2.68. The van der Waals surface area contributed by atoms with Gasteiger partial charge in [-0.05, 0) is 42.8 Å². The maximum Gasteiger partial charge on any atom is 0.305 e. The fourth-order valence-corrected chi connectivity index (χ4v) is 4.13. The monoisotopic (exact) mass is 540 g/mol. The van der Waals surface area contributed by atoms with Crippen LogP contribution in [0.25, 0.3) is 0 Å². The van der Waals surface area contributed by atoms with Crippen LogP contribution in [0.4, 0.5) is 5.82 Å². The number of carbonyl (C=O) groups is 1. The average molecular weight is 541 g/mol. The van der Waals surface area contributed by atoms with Crippen molar-refractivity contribution in [3.8, 4) is 23.1 Å². The maximum absolute atomic E-state index is 13.1. The fraction of sp³-hybridized carbons (Fsp3) is 0.200. The number of sulfonamides is 1. The second kappa shape index (κ2) is 11.6. The lowest BCUT2D eigenvalue weighted by molar-refractivity contribution is -0.161. The van der Waals surface area contributed by atoms with Gasteiger partial charge in [-0.3, -0.25) is 9.52 Å². The number of carbonyl (C=O) groups excluding carboxylic acids is 1. The molecule has 0 saturated heterocycles. The largest absolute Gasteiger partial charge is 0.497 e. The van der Waals surface area contributed by atoms with Gasteiger partial charge in [-0.1, -0.05) is 12.1 Å². The van der Waals surface area contributed by atoms with Crippen molar-refractivity contribution < 1.29 is 36.6 Å². The van der Waals surface area contributed by atoms with E-state index in [0.29, 0.717) is 11.5 Å². The van der Waals surface area contributed by atoms with Gasteiger partial charge in [0.15, 0.2) is 10.8 Å². The molecule has 0 radical (unpaired) electrons. The molecule has 3 heterocycles. The van der Waals surface area contributed by atoms with E-state index < -0.39 is 22.3 Å². The van der Waals surface area contributed by atoms with Crippen molar-refractivity contribution in [3.63, 3.8) is 0 Å². The first-order valence-electron chi connectivity index (χ1n) is 11.2. The highest BCUT2D eigenvalue weighted by Crippen LogP contribution is 2.38. The minimum atomic E-state index is -4.17. The van der Waals surface area contributed by atoms with Crippen molar-refractivity contribution >= 4 is 21.8 Å². The molecular formula is C25H24N4O8S. The Morgan fingerprint density at radius 1 is 1.08 bits per heavy atom. The molecule has 12 nitrogen and oxygen atoms in total. The van der Waals surface area contributed by atoms with Crippen LogP contribution in [-0.2, 0) is 26.0 Å². The summed E-state index contributed by atoms with van der Waals surface area (Å²) in [4.78, 5) is 23.9. The number of methoxy groups -OCH3 is 1. The lowest BCUT2D eigenvalue weighted by atomic mass is 10.3. The molecule has 38 heavy (non-hydrogen) atoms. The number of ether oxygens (including phenoxy) is 4. The highest BCUT2D eigenvalue weighted by atomic mass is 32.2. The number of aromatic nitrogens is 3. The minimum absolute atomic E-state index is 0.0452. The van der Waals surface area contributed by atoms with E-state index in [0.717, 1.165) is 11.9 Å². The number of nitrogens with zero attached hydrogens (tertiary/aromatic N) is 3. The van der Waals surface area contributed by atoms with E-state index in [-0.39, 0.29) is 34.6 Å². The van der Waals surface area contributed by atoms with Crippen molar-refractivity contribution in [2.24, 2.45) is 0 Å². The van der Waals surface area contributed by atoms with Gasteiger partial charge in [0.2, 0.25) is 5.75 Å². The molecule has 0 bridgehead atoms. The zero-order valence-corrected chi connectivity index (χ0v) is 21.5. The smallest absolute Gasteiger partial charge is 0.305 e. The van der Waals surface area contributed by atoms with Gasteiger partial charge in [0.05, 0.1) is 19.8 Å². The number of anilines is 1. The van der Waals surface area contributed by atoms with Crippen LogP contribution in [0, 0.1) is 6.92 Å². The third-order valence-corrected chi connectivity index (χ3v) is 6.17.